The maximum Gasteiger partial charge on any atom is 0.145 e. The second kappa shape index (κ2) is 8.90. The number of piperazine rings is 1. The molecule has 0 aromatic heterocycles. The lowest BCUT2D eigenvalue weighted by Crippen LogP contribution is -2.57. The van der Waals surface area contributed by atoms with Crippen LogP contribution in [-0.2, 0) is 9.53 Å². The van der Waals surface area contributed by atoms with Gasteiger partial charge in [-0.25, -0.2) is 0 Å². The van der Waals surface area contributed by atoms with Gasteiger partial charge in [-0.1, -0.05) is 60.7 Å². The van der Waals surface area contributed by atoms with Crippen molar-refractivity contribution in [2.75, 3.05) is 26.2 Å². The van der Waals surface area contributed by atoms with Crippen molar-refractivity contribution in [3.8, 4) is 0 Å². The molecule has 1 N–H and O–H groups in total. The third kappa shape index (κ3) is 4.34. The zero-order valence-electron chi connectivity index (χ0n) is 14.7. The van der Waals surface area contributed by atoms with E-state index in [1.54, 1.807) is 0 Å². The fourth-order valence-corrected chi connectivity index (χ4v) is 3.73. The second-order valence-corrected chi connectivity index (χ2v) is 6.41. The van der Waals surface area contributed by atoms with E-state index in [4.69, 9.17) is 4.74 Å². The minimum atomic E-state index is -0.0905. The van der Waals surface area contributed by atoms with E-state index in [0.717, 1.165) is 25.9 Å². The minimum Gasteiger partial charge on any atom is -0.356 e. The van der Waals surface area contributed by atoms with Gasteiger partial charge in [0.25, 0.3) is 0 Å². The van der Waals surface area contributed by atoms with E-state index < -0.39 is 0 Å². The Balaban J connectivity index is 1.94. The van der Waals surface area contributed by atoms with Crippen LogP contribution in [0, 0.1) is 0 Å². The molecule has 0 aliphatic carbocycles. The molecule has 25 heavy (non-hydrogen) atoms. The lowest BCUT2D eigenvalue weighted by atomic mass is 9.83. The number of ether oxygens (including phenoxy) is 1. The topological polar surface area (TPSA) is 41.6 Å². The molecule has 1 fully saturated rings. The number of aldehydes is 1. The molecule has 1 saturated heterocycles. The van der Waals surface area contributed by atoms with Gasteiger partial charge in [-0.05, 0) is 18.1 Å². The van der Waals surface area contributed by atoms with Crippen molar-refractivity contribution >= 4 is 6.29 Å². The van der Waals surface area contributed by atoms with Crippen LogP contribution in [0.15, 0.2) is 60.7 Å². The Bertz CT molecular complexity index is 608. The van der Waals surface area contributed by atoms with E-state index in [0.29, 0.717) is 0 Å². The molecule has 2 atom stereocenters. The predicted octanol–water partition coefficient (Wildman–Crippen LogP) is 2.65. The van der Waals surface area contributed by atoms with Crippen LogP contribution in [0.5, 0.6) is 0 Å². The van der Waals surface area contributed by atoms with Gasteiger partial charge in [0, 0.05) is 31.6 Å². The Labute approximate surface area is 149 Å². The molecule has 2 aromatic carbocycles. The van der Waals surface area contributed by atoms with E-state index in [1.807, 2.05) is 6.92 Å². The predicted molar refractivity (Wildman–Crippen MR) is 99.6 cm³/mol. The van der Waals surface area contributed by atoms with Crippen LogP contribution >= 0.6 is 0 Å². The maximum absolute atomic E-state index is 10.7. The average Bonchev–Trinajstić information content (AvgIpc) is 2.68. The van der Waals surface area contributed by atoms with E-state index in [1.165, 1.54) is 11.1 Å². The summed E-state index contributed by atoms with van der Waals surface area (Å²) in [5, 5.41) is 3.53. The van der Waals surface area contributed by atoms with Crippen LogP contribution in [-0.4, -0.2) is 49.7 Å². The number of carbonyl (C=O) groups is 1. The summed E-state index contributed by atoms with van der Waals surface area (Å²) < 4.78 is 5.71. The molecule has 4 nitrogen and oxygen atoms in total. The van der Waals surface area contributed by atoms with Crippen LogP contribution in [0.1, 0.15) is 24.0 Å². The molecule has 0 amide bonds. The molecule has 132 valence electrons. The highest BCUT2D eigenvalue weighted by Gasteiger charge is 2.34. The molecule has 0 radical (unpaired) electrons. The summed E-state index contributed by atoms with van der Waals surface area (Å²) in [5.41, 5.74) is 2.60. The van der Waals surface area contributed by atoms with Crippen molar-refractivity contribution in [2.24, 2.45) is 0 Å². The normalized spacial score (nSPS) is 19.7. The summed E-state index contributed by atoms with van der Waals surface area (Å²) in [6.45, 7) is 4.90. The van der Waals surface area contributed by atoms with Gasteiger partial charge in [0.05, 0.1) is 0 Å². The smallest absolute Gasteiger partial charge is 0.145 e. The standard InChI is InChI=1S/C21H26N2O2/c1-17(25-15-14-24)23-13-12-22-16-20(23)21(18-8-4-2-5-9-18)19-10-6-3-7-11-19/h2-11,14,17,20-22H,12-13,15-16H2,1H3. The van der Waals surface area contributed by atoms with Gasteiger partial charge >= 0.3 is 0 Å². The highest BCUT2D eigenvalue weighted by atomic mass is 16.5. The highest BCUT2D eigenvalue weighted by molar-refractivity contribution is 5.50. The zero-order chi connectivity index (χ0) is 17.5. The van der Waals surface area contributed by atoms with Gasteiger partial charge in [0.1, 0.15) is 19.1 Å². The Hall–Kier alpha value is -2.01. The number of hydrogen-bond donors (Lipinski definition) is 1. The van der Waals surface area contributed by atoms with Crippen molar-refractivity contribution in [1.29, 1.82) is 0 Å². The molecular weight excluding hydrogens is 312 g/mol. The van der Waals surface area contributed by atoms with Crippen LogP contribution in [0.3, 0.4) is 0 Å². The Morgan fingerprint density at radius 2 is 1.72 bits per heavy atom. The zero-order valence-corrected chi connectivity index (χ0v) is 14.7. The number of rotatable bonds is 7. The van der Waals surface area contributed by atoms with Gasteiger partial charge < -0.3 is 14.8 Å². The van der Waals surface area contributed by atoms with Crippen molar-refractivity contribution < 1.29 is 9.53 Å². The number of nitrogens with zero attached hydrogens (tertiary/aromatic N) is 1. The van der Waals surface area contributed by atoms with E-state index in [-0.39, 0.29) is 24.8 Å². The summed E-state index contributed by atoms with van der Waals surface area (Å²) in [4.78, 5) is 13.1. The molecule has 0 saturated carbocycles. The first-order chi connectivity index (χ1) is 12.3. The summed E-state index contributed by atoms with van der Waals surface area (Å²) in [6.07, 6.45) is 0.728. The third-order valence-corrected chi connectivity index (χ3v) is 4.90. The van der Waals surface area contributed by atoms with Gasteiger partial charge in [0.15, 0.2) is 0 Å². The number of benzene rings is 2. The van der Waals surface area contributed by atoms with E-state index in [2.05, 4.69) is 70.9 Å². The molecule has 1 aliphatic heterocycles. The average molecular weight is 338 g/mol. The lowest BCUT2D eigenvalue weighted by Gasteiger charge is -2.44. The fraction of sp³-hybridized carbons (Fsp3) is 0.381. The van der Waals surface area contributed by atoms with Crippen LogP contribution < -0.4 is 5.32 Å². The highest BCUT2D eigenvalue weighted by Crippen LogP contribution is 2.32. The number of nitrogens with one attached hydrogen (secondary N) is 1. The molecular formula is C21H26N2O2. The first-order valence-electron chi connectivity index (χ1n) is 8.93. The van der Waals surface area contributed by atoms with Crippen molar-refractivity contribution in [1.82, 2.24) is 10.2 Å². The van der Waals surface area contributed by atoms with Crippen molar-refractivity contribution in [2.45, 2.75) is 25.1 Å². The summed E-state index contributed by atoms with van der Waals surface area (Å²) in [7, 11) is 0. The molecule has 2 unspecified atom stereocenters. The molecule has 0 bridgehead atoms. The summed E-state index contributed by atoms with van der Waals surface area (Å²) in [6, 6.07) is 21.5. The molecule has 3 rings (SSSR count). The molecule has 2 aromatic rings. The quantitative estimate of drug-likeness (QED) is 0.788. The number of hydrogen-bond acceptors (Lipinski definition) is 4. The summed E-state index contributed by atoms with van der Waals surface area (Å²) >= 11 is 0. The van der Waals surface area contributed by atoms with Gasteiger partial charge in [-0.2, -0.15) is 0 Å². The second-order valence-electron chi connectivity index (χ2n) is 6.41. The van der Waals surface area contributed by atoms with Crippen LogP contribution in [0.2, 0.25) is 0 Å². The molecule has 1 aliphatic rings. The van der Waals surface area contributed by atoms with E-state index in [9.17, 15) is 4.79 Å². The van der Waals surface area contributed by atoms with Gasteiger partial charge in [0.2, 0.25) is 0 Å². The van der Waals surface area contributed by atoms with Gasteiger partial charge in [-0.3, -0.25) is 4.90 Å². The lowest BCUT2D eigenvalue weighted by molar-refractivity contribution is -0.121. The minimum absolute atomic E-state index is 0.0905. The van der Waals surface area contributed by atoms with Crippen LogP contribution in [0.4, 0.5) is 0 Å². The fourth-order valence-electron chi connectivity index (χ4n) is 3.73. The first kappa shape index (κ1) is 17.8. The Morgan fingerprint density at radius 3 is 2.28 bits per heavy atom. The molecule has 1 heterocycles. The maximum atomic E-state index is 10.7. The summed E-state index contributed by atoms with van der Waals surface area (Å²) in [5.74, 6) is 0.248. The van der Waals surface area contributed by atoms with E-state index >= 15 is 0 Å². The first-order valence-corrected chi connectivity index (χ1v) is 8.93. The molecule has 0 spiro atoms. The monoisotopic (exact) mass is 338 g/mol. The number of carbonyl (C=O) groups excluding carboxylic acids is 1. The SMILES string of the molecule is CC(OCC=O)N1CCNCC1C(c1ccccc1)c1ccccc1. The third-order valence-electron chi connectivity index (χ3n) is 4.90. The van der Waals surface area contributed by atoms with Crippen molar-refractivity contribution in [3.63, 3.8) is 0 Å². The van der Waals surface area contributed by atoms with Crippen LogP contribution in [0.25, 0.3) is 0 Å². The van der Waals surface area contributed by atoms with Gasteiger partial charge in [-0.15, -0.1) is 0 Å². The largest absolute Gasteiger partial charge is 0.356 e. The van der Waals surface area contributed by atoms with Crippen molar-refractivity contribution in [3.05, 3.63) is 71.8 Å². The Morgan fingerprint density at radius 1 is 1.12 bits per heavy atom. The molecule has 4 heteroatoms. The Kier molecular flexibility index (Phi) is 6.34.